The fraction of sp³-hybridized carbons (Fsp3) is 0.500. The number of piperidine rings is 1. The molecule has 25 heavy (non-hydrogen) atoms. The molecule has 1 aliphatic heterocycles. The second-order valence-electron chi connectivity index (χ2n) is 5.91. The van der Waals surface area contributed by atoms with E-state index in [0.717, 1.165) is 12.1 Å². The van der Waals surface area contributed by atoms with E-state index in [0.29, 0.717) is 50.7 Å². The summed E-state index contributed by atoms with van der Waals surface area (Å²) >= 11 is 0. The largest absolute Gasteiger partial charge is 0.378 e. The van der Waals surface area contributed by atoms with Crippen LogP contribution in [0.5, 0.6) is 0 Å². The lowest BCUT2D eigenvalue weighted by molar-refractivity contribution is 0.0222. The summed E-state index contributed by atoms with van der Waals surface area (Å²) in [6, 6.07) is 4.89. The Kier molecular flexibility index (Phi) is 5.45. The van der Waals surface area contributed by atoms with E-state index in [2.05, 4.69) is 10.1 Å². The van der Waals surface area contributed by atoms with Crippen LogP contribution in [0.4, 0.5) is 4.39 Å². The molecule has 1 fully saturated rings. The summed E-state index contributed by atoms with van der Waals surface area (Å²) < 4.78 is 50.2. The van der Waals surface area contributed by atoms with Crippen molar-refractivity contribution in [2.24, 2.45) is 0 Å². The maximum atomic E-state index is 13.0. The van der Waals surface area contributed by atoms with Gasteiger partial charge in [0, 0.05) is 26.4 Å². The Morgan fingerprint density at radius 1 is 1.28 bits per heavy atom. The summed E-state index contributed by atoms with van der Waals surface area (Å²) in [6.07, 6.45) is 1.80. The number of aryl methyl sites for hydroxylation is 1. The molecule has 2 aromatic rings. The Labute approximate surface area is 145 Å². The number of benzene rings is 1. The van der Waals surface area contributed by atoms with Crippen molar-refractivity contribution in [3.63, 3.8) is 0 Å². The van der Waals surface area contributed by atoms with Crippen molar-refractivity contribution < 1.29 is 22.1 Å². The van der Waals surface area contributed by atoms with Crippen LogP contribution in [0.2, 0.25) is 0 Å². The molecule has 0 radical (unpaired) electrons. The second-order valence-corrected chi connectivity index (χ2v) is 7.85. The fourth-order valence-corrected chi connectivity index (χ4v) is 4.22. The van der Waals surface area contributed by atoms with Gasteiger partial charge in [-0.25, -0.2) is 12.8 Å². The van der Waals surface area contributed by atoms with Gasteiger partial charge >= 0.3 is 0 Å². The molecule has 0 aliphatic carbocycles. The molecule has 0 N–H and O–H groups in total. The lowest BCUT2D eigenvalue weighted by Gasteiger charge is -2.31. The van der Waals surface area contributed by atoms with E-state index in [1.165, 1.54) is 16.4 Å². The van der Waals surface area contributed by atoms with Crippen molar-refractivity contribution in [1.82, 2.24) is 14.4 Å². The molecule has 136 valence electrons. The van der Waals surface area contributed by atoms with Crippen molar-refractivity contribution >= 4 is 10.0 Å². The number of sulfonamides is 1. The molecule has 0 atom stereocenters. The predicted octanol–water partition coefficient (Wildman–Crippen LogP) is 1.93. The molecule has 2 heterocycles. The van der Waals surface area contributed by atoms with Gasteiger partial charge in [-0.2, -0.15) is 9.29 Å². The van der Waals surface area contributed by atoms with Crippen molar-refractivity contribution in [3.05, 3.63) is 41.8 Å². The summed E-state index contributed by atoms with van der Waals surface area (Å²) in [5, 5.41) is 3.80. The minimum absolute atomic E-state index is 0.00710. The number of rotatable bonds is 6. The number of nitrogens with zero attached hydrogens (tertiary/aromatic N) is 3. The van der Waals surface area contributed by atoms with Crippen molar-refractivity contribution in [3.8, 4) is 0 Å². The molecule has 0 unspecified atom stereocenters. The molecule has 7 nitrogen and oxygen atoms in total. The van der Waals surface area contributed by atoms with Crippen LogP contribution in [0, 0.1) is 12.7 Å². The third-order valence-electron chi connectivity index (χ3n) is 4.10. The highest BCUT2D eigenvalue weighted by atomic mass is 32.2. The molecular formula is C16H20FN3O4S. The molecule has 1 aliphatic rings. The average Bonchev–Trinajstić information content (AvgIpc) is 3.01. The first-order valence-electron chi connectivity index (χ1n) is 8.11. The maximum Gasteiger partial charge on any atom is 0.243 e. The Bertz CT molecular complexity index is 799. The molecule has 0 amide bonds. The molecule has 0 bridgehead atoms. The van der Waals surface area contributed by atoms with Gasteiger partial charge in [-0.15, -0.1) is 0 Å². The smallest absolute Gasteiger partial charge is 0.243 e. The first-order valence-corrected chi connectivity index (χ1v) is 9.55. The quantitative estimate of drug-likeness (QED) is 0.773. The van der Waals surface area contributed by atoms with Gasteiger partial charge in [-0.1, -0.05) is 5.16 Å². The van der Waals surface area contributed by atoms with Crippen LogP contribution in [-0.2, 0) is 21.2 Å². The maximum absolute atomic E-state index is 13.0. The van der Waals surface area contributed by atoms with Gasteiger partial charge < -0.3 is 9.26 Å². The van der Waals surface area contributed by atoms with Gasteiger partial charge in [-0.05, 0) is 37.1 Å². The molecule has 9 heteroatoms. The summed E-state index contributed by atoms with van der Waals surface area (Å²) in [5.41, 5.74) is 0. The standard InChI is InChI=1S/C16H20FN3O4S/c1-12-18-16(19-24-12)8-11-23-14-6-9-20(10-7-14)25(21,22)15-4-2-13(17)3-5-15/h2-5,14H,6-11H2,1H3. The van der Waals surface area contributed by atoms with Crippen LogP contribution in [-0.4, -0.2) is 48.7 Å². The van der Waals surface area contributed by atoms with E-state index in [1.54, 1.807) is 6.92 Å². The van der Waals surface area contributed by atoms with E-state index in [4.69, 9.17) is 9.26 Å². The predicted molar refractivity (Wildman–Crippen MR) is 86.9 cm³/mol. The summed E-state index contributed by atoms with van der Waals surface area (Å²) in [7, 11) is -3.58. The average molecular weight is 369 g/mol. The molecule has 1 saturated heterocycles. The zero-order valence-corrected chi connectivity index (χ0v) is 14.7. The normalized spacial score (nSPS) is 17.0. The highest BCUT2D eigenvalue weighted by Gasteiger charge is 2.29. The van der Waals surface area contributed by atoms with E-state index in [1.807, 2.05) is 0 Å². The van der Waals surface area contributed by atoms with Gasteiger partial charge in [0.05, 0.1) is 17.6 Å². The van der Waals surface area contributed by atoms with Gasteiger partial charge in [0.15, 0.2) is 5.82 Å². The first kappa shape index (κ1) is 18.0. The number of halogens is 1. The van der Waals surface area contributed by atoms with Crippen molar-refractivity contribution in [2.75, 3.05) is 19.7 Å². The molecular weight excluding hydrogens is 349 g/mol. The summed E-state index contributed by atoms with van der Waals surface area (Å²) in [4.78, 5) is 4.22. The summed E-state index contributed by atoms with van der Waals surface area (Å²) in [5.74, 6) is 0.672. The molecule has 1 aromatic heterocycles. The van der Waals surface area contributed by atoms with Gasteiger partial charge in [0.25, 0.3) is 0 Å². The van der Waals surface area contributed by atoms with Crippen molar-refractivity contribution in [2.45, 2.75) is 37.2 Å². The topological polar surface area (TPSA) is 85.5 Å². The highest BCUT2D eigenvalue weighted by Crippen LogP contribution is 2.22. The van der Waals surface area contributed by atoms with Crippen LogP contribution >= 0.6 is 0 Å². The Morgan fingerprint density at radius 2 is 1.96 bits per heavy atom. The van der Waals surface area contributed by atoms with Crippen LogP contribution in [0.15, 0.2) is 33.7 Å². The molecule has 0 spiro atoms. The third kappa shape index (κ3) is 4.42. The van der Waals surface area contributed by atoms with Crippen LogP contribution in [0.25, 0.3) is 0 Å². The van der Waals surface area contributed by atoms with Crippen molar-refractivity contribution in [1.29, 1.82) is 0 Å². The van der Waals surface area contributed by atoms with Crippen LogP contribution in [0.1, 0.15) is 24.6 Å². The van der Waals surface area contributed by atoms with Crippen LogP contribution in [0.3, 0.4) is 0 Å². The number of ether oxygens (including phenoxy) is 1. The van der Waals surface area contributed by atoms with E-state index < -0.39 is 15.8 Å². The van der Waals surface area contributed by atoms with E-state index in [-0.39, 0.29) is 11.0 Å². The second kappa shape index (κ2) is 7.59. The zero-order valence-electron chi connectivity index (χ0n) is 13.9. The molecule has 3 rings (SSSR count). The lowest BCUT2D eigenvalue weighted by Crippen LogP contribution is -2.41. The number of hydrogen-bond donors (Lipinski definition) is 0. The minimum Gasteiger partial charge on any atom is -0.378 e. The highest BCUT2D eigenvalue weighted by molar-refractivity contribution is 7.89. The SMILES string of the molecule is Cc1nc(CCOC2CCN(S(=O)(=O)c3ccc(F)cc3)CC2)no1. The number of aromatic nitrogens is 2. The summed E-state index contributed by atoms with van der Waals surface area (Å²) in [6.45, 7) is 2.96. The monoisotopic (exact) mass is 369 g/mol. The van der Waals surface area contributed by atoms with E-state index >= 15 is 0 Å². The Morgan fingerprint density at radius 3 is 2.56 bits per heavy atom. The van der Waals surface area contributed by atoms with Gasteiger partial charge in [0.2, 0.25) is 15.9 Å². The van der Waals surface area contributed by atoms with E-state index in [9.17, 15) is 12.8 Å². The Hall–Kier alpha value is -1.84. The molecule has 1 aromatic carbocycles. The fourth-order valence-electron chi connectivity index (χ4n) is 2.75. The third-order valence-corrected chi connectivity index (χ3v) is 6.01. The first-order chi connectivity index (χ1) is 11.9. The number of hydrogen-bond acceptors (Lipinski definition) is 6. The van der Waals surface area contributed by atoms with Gasteiger partial charge in [-0.3, -0.25) is 0 Å². The van der Waals surface area contributed by atoms with Gasteiger partial charge in [0.1, 0.15) is 5.82 Å². The zero-order chi connectivity index (χ0) is 17.9. The Balaban J connectivity index is 1.48. The minimum atomic E-state index is -3.58. The lowest BCUT2D eigenvalue weighted by atomic mass is 10.1. The molecule has 0 saturated carbocycles. The van der Waals surface area contributed by atoms with Crippen LogP contribution < -0.4 is 0 Å².